The summed E-state index contributed by atoms with van der Waals surface area (Å²) in [5, 5.41) is 14.1. The van der Waals surface area contributed by atoms with Crippen LogP contribution >= 0.6 is 11.3 Å². The second kappa shape index (κ2) is 7.49. The van der Waals surface area contributed by atoms with Crippen molar-refractivity contribution in [2.24, 2.45) is 0 Å². The number of carbonyl (C=O) groups is 1. The largest absolute Gasteiger partial charge is 0.302 e. The summed E-state index contributed by atoms with van der Waals surface area (Å²) in [7, 11) is 0. The van der Waals surface area contributed by atoms with Gasteiger partial charge in [-0.15, -0.1) is 11.3 Å². The third kappa shape index (κ3) is 4.03. The van der Waals surface area contributed by atoms with Gasteiger partial charge in [-0.2, -0.15) is 5.26 Å². The number of hydrogen-bond donors (Lipinski definition) is 1. The summed E-state index contributed by atoms with van der Waals surface area (Å²) in [5.74, 6) is -0.0774. The van der Waals surface area contributed by atoms with Crippen molar-refractivity contribution in [3.63, 3.8) is 0 Å². The highest BCUT2D eigenvalue weighted by atomic mass is 32.1. The lowest BCUT2D eigenvalue weighted by Gasteiger charge is -2.02. The molecule has 0 aliphatic rings. The third-order valence-electron chi connectivity index (χ3n) is 3.43. The summed E-state index contributed by atoms with van der Waals surface area (Å²) in [6.45, 7) is 0. The molecule has 1 aromatic carbocycles. The third-order valence-corrected chi connectivity index (χ3v) is 4.19. The molecule has 5 nitrogen and oxygen atoms in total. The van der Waals surface area contributed by atoms with Crippen molar-refractivity contribution < 1.29 is 4.79 Å². The lowest BCUT2D eigenvalue weighted by molar-refractivity contribution is -0.116. The zero-order valence-electron chi connectivity index (χ0n) is 12.8. The summed E-state index contributed by atoms with van der Waals surface area (Å²) < 4.78 is 0. The molecule has 6 heteroatoms. The first kappa shape index (κ1) is 15.8. The fourth-order valence-electron chi connectivity index (χ4n) is 2.16. The number of anilines is 1. The zero-order chi connectivity index (χ0) is 16.8. The van der Waals surface area contributed by atoms with Crippen molar-refractivity contribution in [2.45, 2.75) is 12.8 Å². The van der Waals surface area contributed by atoms with Crippen molar-refractivity contribution in [3.05, 3.63) is 65.3 Å². The molecule has 0 bridgehead atoms. The van der Waals surface area contributed by atoms with E-state index in [2.05, 4.69) is 21.4 Å². The maximum atomic E-state index is 12.0. The van der Waals surface area contributed by atoms with E-state index in [1.54, 1.807) is 24.5 Å². The van der Waals surface area contributed by atoms with Gasteiger partial charge in [0.15, 0.2) is 5.13 Å². The lowest BCUT2D eigenvalue weighted by Crippen LogP contribution is -2.12. The van der Waals surface area contributed by atoms with E-state index in [9.17, 15) is 4.79 Å². The molecule has 1 amide bonds. The van der Waals surface area contributed by atoms with Crippen LogP contribution < -0.4 is 5.32 Å². The van der Waals surface area contributed by atoms with E-state index in [0.29, 0.717) is 23.5 Å². The molecule has 0 aliphatic carbocycles. The number of nitrogens with zero attached hydrogens (tertiary/aromatic N) is 3. The maximum Gasteiger partial charge on any atom is 0.226 e. The molecule has 2 heterocycles. The van der Waals surface area contributed by atoms with Gasteiger partial charge < -0.3 is 5.32 Å². The lowest BCUT2D eigenvalue weighted by atomic mass is 10.1. The predicted molar refractivity (Wildman–Crippen MR) is 93.5 cm³/mol. The first-order valence-electron chi connectivity index (χ1n) is 7.39. The van der Waals surface area contributed by atoms with Crippen LogP contribution in [0.1, 0.15) is 17.5 Å². The molecule has 0 saturated carbocycles. The number of hydrogen-bond acceptors (Lipinski definition) is 5. The molecule has 0 spiro atoms. The van der Waals surface area contributed by atoms with Gasteiger partial charge in [0, 0.05) is 29.8 Å². The molecule has 118 valence electrons. The van der Waals surface area contributed by atoms with Gasteiger partial charge in [0.2, 0.25) is 5.91 Å². The Kier molecular flexibility index (Phi) is 4.94. The van der Waals surface area contributed by atoms with Crippen molar-refractivity contribution >= 4 is 22.4 Å². The monoisotopic (exact) mass is 334 g/mol. The van der Waals surface area contributed by atoms with Gasteiger partial charge in [-0.05, 0) is 36.2 Å². The Morgan fingerprint density at radius 1 is 1.25 bits per heavy atom. The van der Waals surface area contributed by atoms with Crippen LogP contribution in [-0.4, -0.2) is 15.9 Å². The molecule has 0 saturated heterocycles. The predicted octanol–water partition coefficient (Wildman–Crippen LogP) is 3.65. The highest BCUT2D eigenvalue weighted by Crippen LogP contribution is 2.24. The van der Waals surface area contributed by atoms with E-state index in [4.69, 9.17) is 5.26 Å². The van der Waals surface area contributed by atoms with Gasteiger partial charge in [-0.1, -0.05) is 12.1 Å². The van der Waals surface area contributed by atoms with Crippen molar-refractivity contribution in [1.29, 1.82) is 5.26 Å². The highest BCUT2D eigenvalue weighted by Gasteiger charge is 2.08. The molecule has 24 heavy (non-hydrogen) atoms. The molecule has 0 fully saturated rings. The molecule has 3 aromatic rings. The molecule has 0 atom stereocenters. The Balaban J connectivity index is 1.55. The number of rotatable bonds is 5. The van der Waals surface area contributed by atoms with Crippen LogP contribution in [0.15, 0.2) is 54.2 Å². The number of aryl methyl sites for hydroxylation is 1. The Hall–Kier alpha value is -3.04. The first-order valence-corrected chi connectivity index (χ1v) is 8.27. The second-order valence-corrected chi connectivity index (χ2v) is 5.99. The minimum absolute atomic E-state index is 0.0774. The van der Waals surface area contributed by atoms with E-state index in [-0.39, 0.29) is 5.91 Å². The number of carbonyl (C=O) groups excluding carboxylic acids is 1. The highest BCUT2D eigenvalue weighted by molar-refractivity contribution is 7.14. The van der Waals surface area contributed by atoms with Crippen molar-refractivity contribution in [3.8, 4) is 17.3 Å². The summed E-state index contributed by atoms with van der Waals surface area (Å²) in [6, 6.07) is 13.1. The van der Waals surface area contributed by atoms with Crippen LogP contribution in [0.3, 0.4) is 0 Å². The molecule has 1 N–H and O–H groups in total. The van der Waals surface area contributed by atoms with Gasteiger partial charge in [0.25, 0.3) is 0 Å². The topological polar surface area (TPSA) is 78.7 Å². The Morgan fingerprint density at radius 2 is 2.08 bits per heavy atom. The number of nitrogens with one attached hydrogen (secondary N) is 1. The van der Waals surface area contributed by atoms with Crippen LogP contribution in [0.5, 0.6) is 0 Å². The van der Waals surface area contributed by atoms with Crippen LogP contribution in [0.2, 0.25) is 0 Å². The molecule has 0 aliphatic heterocycles. The Labute approximate surface area is 143 Å². The summed E-state index contributed by atoms with van der Waals surface area (Å²) in [5.41, 5.74) is 3.37. The fourth-order valence-corrected chi connectivity index (χ4v) is 2.90. The quantitative estimate of drug-likeness (QED) is 0.772. The number of thiazole rings is 1. The van der Waals surface area contributed by atoms with Gasteiger partial charge in [-0.25, -0.2) is 4.98 Å². The average molecular weight is 334 g/mol. The summed E-state index contributed by atoms with van der Waals surface area (Å²) in [4.78, 5) is 20.5. The normalized spacial score (nSPS) is 10.1. The second-order valence-electron chi connectivity index (χ2n) is 5.14. The van der Waals surface area contributed by atoms with Crippen LogP contribution in [0.25, 0.3) is 11.3 Å². The van der Waals surface area contributed by atoms with Gasteiger partial charge in [0.1, 0.15) is 0 Å². The number of benzene rings is 1. The molecular formula is C18H14N4OS. The van der Waals surface area contributed by atoms with E-state index in [0.717, 1.165) is 16.8 Å². The summed E-state index contributed by atoms with van der Waals surface area (Å²) >= 11 is 1.39. The van der Waals surface area contributed by atoms with E-state index in [1.165, 1.54) is 11.3 Å². The number of amides is 1. The van der Waals surface area contributed by atoms with Crippen LogP contribution in [0.4, 0.5) is 5.13 Å². The zero-order valence-corrected chi connectivity index (χ0v) is 13.6. The smallest absolute Gasteiger partial charge is 0.226 e. The van der Waals surface area contributed by atoms with Crippen molar-refractivity contribution in [2.75, 3.05) is 5.32 Å². The SMILES string of the molecule is N#Cc1ccc(CCC(=O)Nc2nc(-c3cccnc3)cs2)cc1. The molecule has 3 rings (SSSR count). The van der Waals surface area contributed by atoms with E-state index < -0.39 is 0 Å². The molecule has 2 aromatic heterocycles. The van der Waals surface area contributed by atoms with E-state index >= 15 is 0 Å². The van der Waals surface area contributed by atoms with Crippen LogP contribution in [0, 0.1) is 11.3 Å². The molecular weight excluding hydrogens is 320 g/mol. The Bertz CT molecular complexity index is 866. The standard InChI is InChI=1S/C18H14N4OS/c19-10-14-5-3-13(4-6-14)7-8-17(23)22-18-21-16(12-24-18)15-2-1-9-20-11-15/h1-6,9,11-12H,7-8H2,(H,21,22,23). The van der Waals surface area contributed by atoms with Crippen LogP contribution in [-0.2, 0) is 11.2 Å². The van der Waals surface area contributed by atoms with Crippen molar-refractivity contribution in [1.82, 2.24) is 9.97 Å². The van der Waals surface area contributed by atoms with E-state index in [1.807, 2.05) is 29.6 Å². The molecule has 0 radical (unpaired) electrons. The number of nitriles is 1. The maximum absolute atomic E-state index is 12.0. The minimum atomic E-state index is -0.0774. The number of aromatic nitrogens is 2. The van der Waals surface area contributed by atoms with Gasteiger partial charge in [0.05, 0.1) is 17.3 Å². The fraction of sp³-hybridized carbons (Fsp3) is 0.111. The van der Waals surface area contributed by atoms with Gasteiger partial charge in [-0.3, -0.25) is 9.78 Å². The molecule has 0 unspecified atom stereocenters. The number of pyridine rings is 1. The summed E-state index contributed by atoms with van der Waals surface area (Å²) in [6.07, 6.45) is 4.44. The minimum Gasteiger partial charge on any atom is -0.302 e. The van der Waals surface area contributed by atoms with Gasteiger partial charge >= 0.3 is 0 Å². The first-order chi connectivity index (χ1) is 11.7. The Morgan fingerprint density at radius 3 is 2.79 bits per heavy atom. The average Bonchev–Trinajstić information content (AvgIpc) is 3.09.